The van der Waals surface area contributed by atoms with Gasteiger partial charge in [-0.05, 0) is 20.3 Å². The molecule has 1 N–H and O–H groups in total. The summed E-state index contributed by atoms with van der Waals surface area (Å²) in [5.74, 6) is 0.234. The molecule has 22 heavy (non-hydrogen) atoms. The normalized spacial score (nSPS) is 11.0. The van der Waals surface area contributed by atoms with Gasteiger partial charge in [-0.1, -0.05) is 13.3 Å². The Balaban J connectivity index is 2.61. The van der Waals surface area contributed by atoms with Gasteiger partial charge < -0.3 is 4.74 Å². The molecular weight excluding hydrogens is 284 g/mol. The summed E-state index contributed by atoms with van der Waals surface area (Å²) < 4.78 is 5.92. The fourth-order valence-corrected chi connectivity index (χ4v) is 2.23. The van der Waals surface area contributed by atoms with E-state index in [9.17, 15) is 4.79 Å². The van der Waals surface area contributed by atoms with Gasteiger partial charge in [-0.3, -0.25) is 14.7 Å². The number of ether oxygens (including phenoxy) is 1. The van der Waals surface area contributed by atoms with Crippen LogP contribution in [0.4, 0.5) is 0 Å². The van der Waals surface area contributed by atoms with Gasteiger partial charge in [0.05, 0.1) is 24.8 Å². The summed E-state index contributed by atoms with van der Waals surface area (Å²) in [4.78, 5) is 22.0. The minimum absolute atomic E-state index is 0.290. The van der Waals surface area contributed by atoms with E-state index in [2.05, 4.69) is 22.1 Å². The van der Waals surface area contributed by atoms with Crippen molar-refractivity contribution in [3.05, 3.63) is 17.0 Å². The van der Waals surface area contributed by atoms with Crippen molar-refractivity contribution in [1.82, 2.24) is 20.2 Å². The van der Waals surface area contributed by atoms with Crippen molar-refractivity contribution in [2.45, 2.75) is 33.6 Å². The molecule has 2 heterocycles. The Morgan fingerprint density at radius 3 is 2.73 bits per heavy atom. The first-order valence-electron chi connectivity index (χ1n) is 7.31. The summed E-state index contributed by atoms with van der Waals surface area (Å²) in [7, 11) is 3.00. The number of hydrogen-bond acceptors (Lipinski definition) is 5. The average molecular weight is 306 g/mol. The van der Waals surface area contributed by atoms with Crippen molar-refractivity contribution in [3.63, 3.8) is 0 Å². The molecular formula is C15H22N4O3. The van der Waals surface area contributed by atoms with E-state index >= 15 is 0 Å². The standard InChI is InChI=1S/C15H22N4O3/c1-6-7-8-22-13-11-10(3)17-18-14(11)16-9(2)12(13)15(20)19(4)21-5/h6-8H2,1-5H3,(H,16,17,18). The lowest BCUT2D eigenvalue weighted by Gasteiger charge is -2.18. The van der Waals surface area contributed by atoms with E-state index in [-0.39, 0.29) is 5.91 Å². The summed E-state index contributed by atoms with van der Waals surface area (Å²) >= 11 is 0. The van der Waals surface area contributed by atoms with Crippen molar-refractivity contribution < 1.29 is 14.4 Å². The second kappa shape index (κ2) is 6.74. The maximum Gasteiger partial charge on any atom is 0.282 e. The molecule has 0 aliphatic carbocycles. The molecule has 7 nitrogen and oxygen atoms in total. The molecule has 0 aromatic carbocycles. The molecule has 120 valence electrons. The van der Waals surface area contributed by atoms with Gasteiger partial charge >= 0.3 is 0 Å². The molecule has 0 unspecified atom stereocenters. The van der Waals surface area contributed by atoms with Crippen molar-refractivity contribution in [2.75, 3.05) is 20.8 Å². The van der Waals surface area contributed by atoms with Crippen LogP contribution in [0.25, 0.3) is 11.0 Å². The number of hydrogen-bond donors (Lipinski definition) is 1. The first-order valence-corrected chi connectivity index (χ1v) is 7.31. The number of pyridine rings is 1. The van der Waals surface area contributed by atoms with Gasteiger partial charge in [0.25, 0.3) is 5.91 Å². The highest BCUT2D eigenvalue weighted by atomic mass is 16.7. The minimum atomic E-state index is -0.290. The molecule has 0 bridgehead atoms. The van der Waals surface area contributed by atoms with Gasteiger partial charge in [-0.25, -0.2) is 10.0 Å². The van der Waals surface area contributed by atoms with E-state index < -0.39 is 0 Å². The first-order chi connectivity index (χ1) is 10.5. The number of carbonyl (C=O) groups excluding carboxylic acids is 1. The van der Waals surface area contributed by atoms with Crippen LogP contribution in [0.3, 0.4) is 0 Å². The molecule has 0 saturated heterocycles. The zero-order valence-electron chi connectivity index (χ0n) is 13.7. The molecule has 0 atom stereocenters. The Morgan fingerprint density at radius 2 is 2.09 bits per heavy atom. The Hall–Kier alpha value is -2.15. The van der Waals surface area contributed by atoms with Crippen LogP contribution in [0, 0.1) is 13.8 Å². The van der Waals surface area contributed by atoms with E-state index in [1.807, 2.05) is 6.92 Å². The fraction of sp³-hybridized carbons (Fsp3) is 0.533. The van der Waals surface area contributed by atoms with Crippen molar-refractivity contribution in [3.8, 4) is 5.75 Å². The number of unbranched alkanes of at least 4 members (excludes halogenated alkanes) is 1. The summed E-state index contributed by atoms with van der Waals surface area (Å²) in [5.41, 5.74) is 2.36. The maximum absolute atomic E-state index is 12.6. The number of H-pyrrole nitrogens is 1. The Labute approximate surface area is 129 Å². The third-order valence-corrected chi connectivity index (χ3v) is 3.54. The highest BCUT2D eigenvalue weighted by Gasteiger charge is 2.25. The maximum atomic E-state index is 12.6. The molecule has 0 aliphatic heterocycles. The number of nitrogens with one attached hydrogen (secondary N) is 1. The van der Waals surface area contributed by atoms with Gasteiger partial charge in [0.2, 0.25) is 0 Å². The molecule has 0 fully saturated rings. The zero-order valence-corrected chi connectivity index (χ0v) is 13.7. The zero-order chi connectivity index (χ0) is 16.3. The predicted molar refractivity (Wildman–Crippen MR) is 82.9 cm³/mol. The quantitative estimate of drug-likeness (QED) is 0.654. The fourth-order valence-electron chi connectivity index (χ4n) is 2.23. The van der Waals surface area contributed by atoms with E-state index in [4.69, 9.17) is 9.57 Å². The van der Waals surface area contributed by atoms with E-state index in [0.717, 1.165) is 29.0 Å². The lowest BCUT2D eigenvalue weighted by molar-refractivity contribution is -0.0759. The van der Waals surface area contributed by atoms with Crippen LogP contribution in [0.15, 0.2) is 0 Å². The average Bonchev–Trinajstić information content (AvgIpc) is 2.86. The highest BCUT2D eigenvalue weighted by Crippen LogP contribution is 2.33. The summed E-state index contributed by atoms with van der Waals surface area (Å²) in [6, 6.07) is 0. The molecule has 0 aliphatic rings. The third-order valence-electron chi connectivity index (χ3n) is 3.54. The van der Waals surface area contributed by atoms with Crippen molar-refractivity contribution in [1.29, 1.82) is 0 Å². The molecule has 2 rings (SSSR count). The van der Waals surface area contributed by atoms with Gasteiger partial charge in [-0.2, -0.15) is 5.10 Å². The largest absolute Gasteiger partial charge is 0.492 e. The van der Waals surface area contributed by atoms with Crippen molar-refractivity contribution >= 4 is 16.9 Å². The molecule has 0 radical (unpaired) electrons. The molecule has 0 spiro atoms. The van der Waals surface area contributed by atoms with Gasteiger partial charge in [0, 0.05) is 12.7 Å². The number of aromatic amines is 1. The summed E-state index contributed by atoms with van der Waals surface area (Å²) in [6.45, 7) is 6.28. The number of carbonyl (C=O) groups is 1. The molecule has 0 saturated carbocycles. The highest BCUT2D eigenvalue weighted by molar-refractivity contribution is 6.03. The Morgan fingerprint density at radius 1 is 1.36 bits per heavy atom. The van der Waals surface area contributed by atoms with Crippen LogP contribution in [0.2, 0.25) is 0 Å². The number of fused-ring (bicyclic) bond motifs is 1. The number of rotatable bonds is 6. The second-order valence-corrected chi connectivity index (χ2v) is 5.14. The third kappa shape index (κ3) is 2.89. The van der Waals surface area contributed by atoms with Gasteiger partial charge in [-0.15, -0.1) is 0 Å². The summed E-state index contributed by atoms with van der Waals surface area (Å²) in [6.07, 6.45) is 1.92. The lowest BCUT2D eigenvalue weighted by Crippen LogP contribution is -2.27. The van der Waals surface area contributed by atoms with Gasteiger partial charge in [0.15, 0.2) is 5.65 Å². The topological polar surface area (TPSA) is 80.3 Å². The van der Waals surface area contributed by atoms with Crippen LogP contribution in [0.1, 0.15) is 41.5 Å². The smallest absolute Gasteiger partial charge is 0.282 e. The van der Waals surface area contributed by atoms with Crippen LogP contribution in [-0.2, 0) is 4.84 Å². The number of hydroxylamine groups is 2. The predicted octanol–water partition coefficient (Wildman–Crippen LogP) is 2.39. The van der Waals surface area contributed by atoms with Crippen LogP contribution in [0.5, 0.6) is 5.75 Å². The van der Waals surface area contributed by atoms with Crippen molar-refractivity contribution in [2.24, 2.45) is 0 Å². The Kier molecular flexibility index (Phi) is 4.97. The number of amides is 1. The van der Waals surface area contributed by atoms with Crippen LogP contribution >= 0.6 is 0 Å². The number of aromatic nitrogens is 3. The molecule has 7 heteroatoms. The van der Waals surface area contributed by atoms with Crippen LogP contribution in [-0.4, -0.2) is 46.9 Å². The second-order valence-electron chi connectivity index (χ2n) is 5.14. The molecule has 2 aromatic rings. The Bertz CT molecular complexity index is 681. The minimum Gasteiger partial charge on any atom is -0.492 e. The van der Waals surface area contributed by atoms with Gasteiger partial charge in [0.1, 0.15) is 11.3 Å². The lowest BCUT2D eigenvalue weighted by atomic mass is 10.1. The van der Waals surface area contributed by atoms with Crippen LogP contribution < -0.4 is 4.74 Å². The monoisotopic (exact) mass is 306 g/mol. The van der Waals surface area contributed by atoms with E-state index in [0.29, 0.717) is 29.3 Å². The molecule has 1 amide bonds. The summed E-state index contributed by atoms with van der Waals surface area (Å²) in [5, 5.41) is 8.97. The van der Waals surface area contributed by atoms with E-state index in [1.165, 1.54) is 7.11 Å². The van der Waals surface area contributed by atoms with E-state index in [1.54, 1.807) is 14.0 Å². The molecule has 2 aromatic heterocycles. The SMILES string of the molecule is CCCCOc1c(C(=O)N(C)OC)c(C)nc2n[nH]c(C)c12. The number of aryl methyl sites for hydroxylation is 2. The first kappa shape index (κ1) is 16.2. The number of nitrogens with zero attached hydrogens (tertiary/aromatic N) is 3.